The van der Waals surface area contributed by atoms with Gasteiger partial charge in [0.1, 0.15) is 5.69 Å². The van der Waals surface area contributed by atoms with E-state index >= 15 is 0 Å². The zero-order valence-electron chi connectivity index (χ0n) is 14.8. The van der Waals surface area contributed by atoms with Gasteiger partial charge in [-0.3, -0.25) is 9.59 Å². The summed E-state index contributed by atoms with van der Waals surface area (Å²) in [7, 11) is 0. The predicted molar refractivity (Wildman–Crippen MR) is 103 cm³/mol. The summed E-state index contributed by atoms with van der Waals surface area (Å²) in [5.74, 6) is -0.100. The van der Waals surface area contributed by atoms with Gasteiger partial charge in [0.2, 0.25) is 0 Å². The van der Waals surface area contributed by atoms with Crippen LogP contribution in [0.5, 0.6) is 0 Å². The van der Waals surface area contributed by atoms with Crippen LogP contribution in [-0.2, 0) is 12.8 Å². The number of carbonyl (C=O) groups is 2. The SMILES string of the molecule is CCc1c(C(=O)N2CCCc3c(N)cccc32)[nH]c(C)c1C(C)=O.Cl. The largest absolute Gasteiger partial charge is 0.398 e. The second-order valence-corrected chi connectivity index (χ2v) is 6.29. The van der Waals surface area contributed by atoms with Gasteiger partial charge in [-0.1, -0.05) is 13.0 Å². The lowest BCUT2D eigenvalue weighted by atomic mass is 9.98. The van der Waals surface area contributed by atoms with Crippen LogP contribution in [0.25, 0.3) is 0 Å². The summed E-state index contributed by atoms with van der Waals surface area (Å²) in [4.78, 5) is 30.0. The smallest absolute Gasteiger partial charge is 0.275 e. The molecule has 0 spiro atoms. The topological polar surface area (TPSA) is 79.2 Å². The number of hydrogen-bond acceptors (Lipinski definition) is 3. The highest BCUT2D eigenvalue weighted by atomic mass is 35.5. The minimum atomic E-state index is -0.0889. The number of hydrogen-bond donors (Lipinski definition) is 2. The fourth-order valence-corrected chi connectivity index (χ4v) is 3.69. The molecule has 0 radical (unpaired) electrons. The minimum absolute atomic E-state index is 0. The van der Waals surface area contributed by atoms with E-state index in [2.05, 4.69) is 4.98 Å². The minimum Gasteiger partial charge on any atom is -0.398 e. The summed E-state index contributed by atoms with van der Waals surface area (Å²) in [5.41, 5.74) is 11.4. The lowest BCUT2D eigenvalue weighted by Gasteiger charge is -2.30. The maximum absolute atomic E-state index is 13.2. The number of fused-ring (bicyclic) bond motifs is 1. The van der Waals surface area contributed by atoms with Crippen molar-refractivity contribution in [3.05, 3.63) is 46.3 Å². The van der Waals surface area contributed by atoms with Gasteiger partial charge in [0.15, 0.2) is 5.78 Å². The van der Waals surface area contributed by atoms with Gasteiger partial charge in [0, 0.05) is 29.2 Å². The zero-order chi connectivity index (χ0) is 17.4. The van der Waals surface area contributed by atoms with Crippen LogP contribution in [0.4, 0.5) is 11.4 Å². The molecule has 0 bridgehead atoms. The van der Waals surface area contributed by atoms with Crippen molar-refractivity contribution in [3.8, 4) is 0 Å². The number of H-pyrrole nitrogens is 1. The molecule has 0 saturated carbocycles. The van der Waals surface area contributed by atoms with Crippen LogP contribution in [-0.4, -0.2) is 23.2 Å². The second-order valence-electron chi connectivity index (χ2n) is 6.29. The number of aromatic nitrogens is 1. The fourth-order valence-electron chi connectivity index (χ4n) is 3.69. The van der Waals surface area contributed by atoms with Gasteiger partial charge in [0.25, 0.3) is 5.91 Å². The first-order valence-corrected chi connectivity index (χ1v) is 8.37. The molecule has 0 saturated heterocycles. The van der Waals surface area contributed by atoms with Crippen LogP contribution in [0, 0.1) is 6.92 Å². The number of rotatable bonds is 3. The van der Waals surface area contributed by atoms with Gasteiger partial charge in [0.05, 0.1) is 0 Å². The normalized spacial score (nSPS) is 13.2. The average molecular weight is 362 g/mol. The maximum atomic E-state index is 13.2. The van der Waals surface area contributed by atoms with Crippen molar-refractivity contribution in [1.82, 2.24) is 4.98 Å². The number of Topliss-reactive ketones (excluding diaryl/α,β-unsaturated/α-hetero) is 1. The number of amides is 1. The van der Waals surface area contributed by atoms with Crippen molar-refractivity contribution >= 4 is 35.5 Å². The van der Waals surface area contributed by atoms with E-state index in [4.69, 9.17) is 5.73 Å². The van der Waals surface area contributed by atoms with Crippen LogP contribution in [0.15, 0.2) is 18.2 Å². The van der Waals surface area contributed by atoms with Gasteiger partial charge in [-0.15, -0.1) is 12.4 Å². The van der Waals surface area contributed by atoms with E-state index in [0.717, 1.165) is 41.0 Å². The highest BCUT2D eigenvalue weighted by Crippen LogP contribution is 2.33. The number of nitrogen functional groups attached to an aromatic ring is 1. The fraction of sp³-hybridized carbons (Fsp3) is 0.368. The Labute approximate surface area is 154 Å². The molecule has 1 aliphatic heterocycles. The molecule has 0 aliphatic carbocycles. The van der Waals surface area contributed by atoms with E-state index in [9.17, 15) is 9.59 Å². The molecule has 3 N–H and O–H groups in total. The molecule has 2 heterocycles. The number of nitrogens with one attached hydrogen (secondary N) is 1. The molecular formula is C19H24ClN3O2. The molecular weight excluding hydrogens is 338 g/mol. The monoisotopic (exact) mass is 361 g/mol. The van der Waals surface area contributed by atoms with E-state index in [1.54, 1.807) is 11.8 Å². The molecule has 25 heavy (non-hydrogen) atoms. The molecule has 1 amide bonds. The highest BCUT2D eigenvalue weighted by Gasteiger charge is 2.29. The number of ketones is 1. The Kier molecular flexibility index (Phi) is 5.58. The summed E-state index contributed by atoms with van der Waals surface area (Å²) >= 11 is 0. The molecule has 2 aromatic rings. The number of anilines is 2. The van der Waals surface area contributed by atoms with Gasteiger partial charge >= 0.3 is 0 Å². The molecule has 0 fully saturated rings. The summed E-state index contributed by atoms with van der Waals surface area (Å²) < 4.78 is 0. The molecule has 1 aliphatic rings. The van der Waals surface area contributed by atoms with Crippen LogP contribution in [0.2, 0.25) is 0 Å². The Morgan fingerprint density at radius 3 is 2.68 bits per heavy atom. The summed E-state index contributed by atoms with van der Waals surface area (Å²) in [6.45, 7) is 6.01. The van der Waals surface area contributed by atoms with Crippen LogP contribution >= 0.6 is 12.4 Å². The Bertz CT molecular complexity index is 826. The lowest BCUT2D eigenvalue weighted by Crippen LogP contribution is -2.36. The molecule has 0 unspecified atom stereocenters. The quantitative estimate of drug-likeness (QED) is 0.646. The Morgan fingerprint density at radius 2 is 2.04 bits per heavy atom. The van der Waals surface area contributed by atoms with E-state index in [-0.39, 0.29) is 24.1 Å². The van der Waals surface area contributed by atoms with Crippen molar-refractivity contribution in [3.63, 3.8) is 0 Å². The number of nitrogens with zero attached hydrogens (tertiary/aromatic N) is 1. The summed E-state index contributed by atoms with van der Waals surface area (Å²) in [5, 5.41) is 0. The first kappa shape index (κ1) is 19.1. The van der Waals surface area contributed by atoms with E-state index < -0.39 is 0 Å². The number of aryl methyl sites for hydroxylation is 1. The molecule has 0 atom stereocenters. The maximum Gasteiger partial charge on any atom is 0.275 e. The van der Waals surface area contributed by atoms with Crippen LogP contribution < -0.4 is 10.6 Å². The van der Waals surface area contributed by atoms with Crippen molar-refractivity contribution in [2.75, 3.05) is 17.2 Å². The lowest BCUT2D eigenvalue weighted by molar-refractivity contribution is 0.0979. The van der Waals surface area contributed by atoms with Crippen LogP contribution in [0.1, 0.15) is 57.9 Å². The van der Waals surface area contributed by atoms with E-state index in [1.165, 1.54) is 0 Å². The van der Waals surface area contributed by atoms with Crippen molar-refractivity contribution in [2.24, 2.45) is 0 Å². The highest BCUT2D eigenvalue weighted by molar-refractivity contribution is 6.09. The zero-order valence-corrected chi connectivity index (χ0v) is 15.6. The summed E-state index contributed by atoms with van der Waals surface area (Å²) in [6.07, 6.45) is 2.40. The van der Waals surface area contributed by atoms with Crippen LogP contribution in [0.3, 0.4) is 0 Å². The molecule has 134 valence electrons. The Morgan fingerprint density at radius 1 is 1.32 bits per heavy atom. The van der Waals surface area contributed by atoms with Gasteiger partial charge in [-0.25, -0.2) is 0 Å². The van der Waals surface area contributed by atoms with Crippen molar-refractivity contribution < 1.29 is 9.59 Å². The number of benzene rings is 1. The molecule has 3 rings (SSSR count). The Hall–Kier alpha value is -2.27. The Balaban J connectivity index is 0.00000225. The van der Waals surface area contributed by atoms with Gasteiger partial charge in [-0.2, -0.15) is 0 Å². The average Bonchev–Trinajstić information content (AvgIpc) is 2.90. The molecule has 1 aromatic heterocycles. The second kappa shape index (κ2) is 7.31. The third-order valence-corrected chi connectivity index (χ3v) is 4.74. The van der Waals surface area contributed by atoms with Gasteiger partial charge in [-0.05, 0) is 56.4 Å². The van der Waals surface area contributed by atoms with Crippen molar-refractivity contribution in [2.45, 2.75) is 40.0 Å². The third-order valence-electron chi connectivity index (χ3n) is 4.74. The molecule has 6 heteroatoms. The third kappa shape index (κ3) is 3.16. The number of nitrogens with two attached hydrogens (primary N) is 1. The first-order valence-electron chi connectivity index (χ1n) is 8.37. The standard InChI is InChI=1S/C19H23N3O2.ClH/c1-4-13-17(12(3)23)11(2)21-18(13)19(24)22-10-6-7-14-15(20)8-5-9-16(14)22;/h5,8-9,21H,4,6-7,10,20H2,1-3H3;1H. The number of carbonyl (C=O) groups excluding carboxylic acids is 2. The van der Waals surface area contributed by atoms with E-state index in [0.29, 0.717) is 24.2 Å². The number of halogens is 1. The van der Waals surface area contributed by atoms with Crippen molar-refractivity contribution in [1.29, 1.82) is 0 Å². The van der Waals surface area contributed by atoms with Gasteiger partial charge < -0.3 is 15.6 Å². The first-order chi connectivity index (χ1) is 11.5. The van der Waals surface area contributed by atoms with E-state index in [1.807, 2.05) is 32.0 Å². The molecule has 5 nitrogen and oxygen atoms in total. The number of aromatic amines is 1. The summed E-state index contributed by atoms with van der Waals surface area (Å²) in [6, 6.07) is 5.69. The molecule has 1 aromatic carbocycles. The predicted octanol–water partition coefficient (Wildman–Crippen LogP) is 3.69.